The number of hydrogen-bond donors (Lipinski definition) is 3. The molecule has 0 atom stereocenters. The fraction of sp³-hybridized carbons (Fsp3) is 0.375. The van der Waals surface area contributed by atoms with E-state index < -0.39 is 11.9 Å². The van der Waals surface area contributed by atoms with Crippen molar-refractivity contribution in [3.8, 4) is 5.75 Å². The van der Waals surface area contributed by atoms with Gasteiger partial charge in [0.25, 0.3) is 0 Å². The zero-order valence-electron chi connectivity index (χ0n) is 14.4. The Hall–Kier alpha value is -2.26. The van der Waals surface area contributed by atoms with Crippen LogP contribution in [0.3, 0.4) is 0 Å². The normalized spacial score (nSPS) is 10.6. The van der Waals surface area contributed by atoms with Gasteiger partial charge in [0, 0.05) is 11.6 Å². The molecule has 3 N–H and O–H groups in total. The number of ether oxygens (including phenoxy) is 1. The first-order valence-electron chi connectivity index (χ1n) is 7.92. The van der Waals surface area contributed by atoms with E-state index in [0.29, 0.717) is 34.2 Å². The van der Waals surface area contributed by atoms with Crippen LogP contribution in [0, 0.1) is 5.92 Å². The minimum atomic E-state index is -0.503. The summed E-state index contributed by atoms with van der Waals surface area (Å²) >= 11 is 6.93. The minimum absolute atomic E-state index is 0.0322. The van der Waals surface area contributed by atoms with E-state index >= 15 is 0 Å². The number of H-pyrrole nitrogens is 1. The SMILES string of the molecule is CC(C)CNC(=O)NC(=O)CSc1n[nH]c(COc2ccc(Cl)cc2)n1. The summed E-state index contributed by atoms with van der Waals surface area (Å²) in [5, 5.41) is 12.6. The summed E-state index contributed by atoms with van der Waals surface area (Å²) in [4.78, 5) is 27.4. The summed E-state index contributed by atoms with van der Waals surface area (Å²) in [6.45, 7) is 4.65. The average Bonchev–Trinajstić information content (AvgIpc) is 3.06. The Kier molecular flexibility index (Phi) is 7.73. The van der Waals surface area contributed by atoms with Gasteiger partial charge in [-0.2, -0.15) is 0 Å². The van der Waals surface area contributed by atoms with E-state index in [1.807, 2.05) is 13.8 Å². The Balaban J connectivity index is 1.71. The summed E-state index contributed by atoms with van der Waals surface area (Å²) in [7, 11) is 0. The second-order valence-corrected chi connectivity index (χ2v) is 7.13. The first-order valence-corrected chi connectivity index (χ1v) is 9.29. The molecule has 26 heavy (non-hydrogen) atoms. The van der Waals surface area contributed by atoms with Crippen molar-refractivity contribution in [2.75, 3.05) is 12.3 Å². The highest BCUT2D eigenvalue weighted by molar-refractivity contribution is 7.99. The maximum absolute atomic E-state index is 11.7. The summed E-state index contributed by atoms with van der Waals surface area (Å²) in [5.74, 6) is 1.11. The molecule has 0 fully saturated rings. The van der Waals surface area contributed by atoms with Gasteiger partial charge in [0.05, 0.1) is 5.75 Å². The van der Waals surface area contributed by atoms with Crippen LogP contribution < -0.4 is 15.4 Å². The average molecular weight is 398 g/mol. The van der Waals surface area contributed by atoms with E-state index in [1.54, 1.807) is 24.3 Å². The number of urea groups is 1. The number of nitrogens with one attached hydrogen (secondary N) is 3. The lowest BCUT2D eigenvalue weighted by Crippen LogP contribution is -2.41. The number of rotatable bonds is 8. The van der Waals surface area contributed by atoms with Crippen molar-refractivity contribution in [2.45, 2.75) is 25.6 Å². The number of hydrogen-bond acceptors (Lipinski definition) is 6. The molecule has 0 aliphatic carbocycles. The number of thioether (sulfide) groups is 1. The van der Waals surface area contributed by atoms with E-state index in [4.69, 9.17) is 16.3 Å². The zero-order valence-corrected chi connectivity index (χ0v) is 16.0. The molecular formula is C16H20ClN5O3S. The Morgan fingerprint density at radius 2 is 2.04 bits per heavy atom. The van der Waals surface area contributed by atoms with Crippen molar-refractivity contribution < 1.29 is 14.3 Å². The number of aromatic nitrogens is 3. The van der Waals surface area contributed by atoms with E-state index in [0.717, 1.165) is 11.8 Å². The number of amides is 3. The molecule has 1 aromatic heterocycles. The largest absolute Gasteiger partial charge is 0.486 e. The van der Waals surface area contributed by atoms with Crippen LogP contribution in [-0.2, 0) is 11.4 Å². The Bertz CT molecular complexity index is 736. The molecule has 8 nitrogen and oxygen atoms in total. The topological polar surface area (TPSA) is 109 Å². The summed E-state index contributed by atoms with van der Waals surface area (Å²) in [5.41, 5.74) is 0. The van der Waals surface area contributed by atoms with Crippen LogP contribution >= 0.6 is 23.4 Å². The molecule has 3 amide bonds. The van der Waals surface area contributed by atoms with Gasteiger partial charge in [-0.1, -0.05) is 37.2 Å². The number of imide groups is 1. The number of halogens is 1. The summed E-state index contributed by atoms with van der Waals surface area (Å²) < 4.78 is 5.55. The standard InChI is InChI=1S/C16H20ClN5O3S/c1-10(2)7-18-15(24)20-14(23)9-26-16-19-13(21-22-16)8-25-12-5-3-11(17)4-6-12/h3-6,10H,7-9H2,1-2H3,(H,19,21,22)(H2,18,20,23,24). The number of aromatic amines is 1. The van der Waals surface area contributed by atoms with Crippen LogP contribution in [0.2, 0.25) is 5.02 Å². The van der Waals surface area contributed by atoms with Gasteiger partial charge >= 0.3 is 6.03 Å². The molecule has 1 heterocycles. The first-order chi connectivity index (χ1) is 12.4. The molecule has 10 heteroatoms. The van der Waals surface area contributed by atoms with E-state index in [-0.39, 0.29) is 12.4 Å². The smallest absolute Gasteiger partial charge is 0.321 e. The van der Waals surface area contributed by atoms with Crippen LogP contribution in [0.1, 0.15) is 19.7 Å². The summed E-state index contributed by atoms with van der Waals surface area (Å²) in [6.07, 6.45) is 0. The lowest BCUT2D eigenvalue weighted by atomic mass is 10.2. The van der Waals surface area contributed by atoms with Gasteiger partial charge in [-0.05, 0) is 30.2 Å². The maximum atomic E-state index is 11.7. The number of benzene rings is 1. The Labute approximate surface area is 160 Å². The van der Waals surface area contributed by atoms with Gasteiger partial charge in [0.15, 0.2) is 5.82 Å². The molecule has 0 aliphatic heterocycles. The van der Waals surface area contributed by atoms with Crippen LogP contribution in [0.5, 0.6) is 5.75 Å². The Morgan fingerprint density at radius 3 is 2.73 bits per heavy atom. The van der Waals surface area contributed by atoms with Crippen molar-refractivity contribution in [2.24, 2.45) is 5.92 Å². The molecular weight excluding hydrogens is 378 g/mol. The summed E-state index contributed by atoms with van der Waals surface area (Å²) in [6, 6.07) is 6.46. The van der Waals surface area contributed by atoms with Crippen LogP contribution in [0.25, 0.3) is 0 Å². The molecule has 0 saturated heterocycles. The maximum Gasteiger partial charge on any atom is 0.321 e. The first kappa shape index (κ1) is 20.1. The molecule has 0 unspecified atom stereocenters. The lowest BCUT2D eigenvalue weighted by molar-refractivity contribution is -0.117. The molecule has 0 bridgehead atoms. The fourth-order valence-corrected chi connectivity index (χ4v) is 2.47. The quantitative estimate of drug-likeness (QED) is 0.591. The van der Waals surface area contributed by atoms with Crippen LogP contribution in [-0.4, -0.2) is 39.4 Å². The predicted molar refractivity (Wildman–Crippen MR) is 99.3 cm³/mol. The van der Waals surface area contributed by atoms with Gasteiger partial charge in [0.1, 0.15) is 12.4 Å². The van der Waals surface area contributed by atoms with E-state index in [1.165, 1.54) is 0 Å². The third kappa shape index (κ3) is 7.32. The van der Waals surface area contributed by atoms with E-state index in [2.05, 4.69) is 25.8 Å². The van der Waals surface area contributed by atoms with Gasteiger partial charge in [-0.25, -0.2) is 9.78 Å². The van der Waals surface area contributed by atoms with Crippen LogP contribution in [0.15, 0.2) is 29.4 Å². The van der Waals surface area contributed by atoms with Crippen molar-refractivity contribution in [3.05, 3.63) is 35.1 Å². The van der Waals surface area contributed by atoms with E-state index in [9.17, 15) is 9.59 Å². The minimum Gasteiger partial charge on any atom is -0.486 e. The third-order valence-electron chi connectivity index (χ3n) is 2.96. The molecule has 0 radical (unpaired) electrons. The van der Waals surface area contributed by atoms with Gasteiger partial charge in [-0.15, -0.1) is 5.10 Å². The molecule has 1 aromatic carbocycles. The fourth-order valence-electron chi connectivity index (χ4n) is 1.72. The second kappa shape index (κ2) is 10.0. The molecule has 0 spiro atoms. The zero-order chi connectivity index (χ0) is 18.9. The Morgan fingerprint density at radius 1 is 1.31 bits per heavy atom. The number of carbonyl (C=O) groups is 2. The monoisotopic (exact) mass is 397 g/mol. The molecule has 0 saturated carbocycles. The molecule has 2 aromatic rings. The molecule has 140 valence electrons. The number of carbonyl (C=O) groups excluding carboxylic acids is 2. The highest BCUT2D eigenvalue weighted by Crippen LogP contribution is 2.17. The number of nitrogens with zero attached hydrogens (tertiary/aromatic N) is 2. The van der Waals surface area contributed by atoms with Gasteiger partial charge in [-0.3, -0.25) is 15.2 Å². The van der Waals surface area contributed by atoms with Crippen molar-refractivity contribution >= 4 is 35.3 Å². The molecule has 2 rings (SSSR count). The van der Waals surface area contributed by atoms with Crippen molar-refractivity contribution in [1.29, 1.82) is 0 Å². The van der Waals surface area contributed by atoms with Crippen molar-refractivity contribution in [1.82, 2.24) is 25.8 Å². The highest BCUT2D eigenvalue weighted by Gasteiger charge is 2.11. The predicted octanol–water partition coefficient (Wildman–Crippen LogP) is 2.61. The van der Waals surface area contributed by atoms with Gasteiger partial charge in [0.2, 0.25) is 11.1 Å². The van der Waals surface area contributed by atoms with Crippen LogP contribution in [0.4, 0.5) is 4.79 Å². The molecule has 0 aliphatic rings. The van der Waals surface area contributed by atoms with Gasteiger partial charge < -0.3 is 10.1 Å². The lowest BCUT2D eigenvalue weighted by Gasteiger charge is -2.07. The second-order valence-electron chi connectivity index (χ2n) is 5.75. The third-order valence-corrected chi connectivity index (χ3v) is 4.06. The van der Waals surface area contributed by atoms with Crippen molar-refractivity contribution in [3.63, 3.8) is 0 Å². The highest BCUT2D eigenvalue weighted by atomic mass is 35.5.